The van der Waals surface area contributed by atoms with Gasteiger partial charge in [0.1, 0.15) is 5.58 Å². The predicted octanol–water partition coefficient (Wildman–Crippen LogP) is 15.0. The molecular formula is C58H51IrN3OSi-2. The van der Waals surface area contributed by atoms with Crippen molar-refractivity contribution < 1.29 is 24.5 Å². The van der Waals surface area contributed by atoms with Gasteiger partial charge in [-0.3, -0.25) is 4.98 Å². The second-order valence-corrected chi connectivity index (χ2v) is 22.9. The van der Waals surface area contributed by atoms with E-state index in [4.69, 9.17) is 9.40 Å². The normalized spacial score (nSPS) is 13.0. The first-order valence-corrected chi connectivity index (χ1v) is 25.5. The number of aryl methyl sites for hydroxylation is 1. The molecule has 0 saturated heterocycles. The first kappa shape index (κ1) is 43.1. The molecule has 0 amide bonds. The van der Waals surface area contributed by atoms with E-state index in [1.807, 2.05) is 48.5 Å². The topological polar surface area (TPSA) is 43.9 Å². The molecule has 1 radical (unpaired) electrons. The van der Waals surface area contributed by atoms with Crippen LogP contribution >= 0.6 is 0 Å². The number of benzene rings is 7. The molecule has 4 heterocycles. The van der Waals surface area contributed by atoms with E-state index >= 15 is 0 Å². The van der Waals surface area contributed by atoms with Crippen molar-refractivity contribution in [3.63, 3.8) is 0 Å². The zero-order valence-corrected chi connectivity index (χ0v) is 40.6. The van der Waals surface area contributed by atoms with Gasteiger partial charge in [-0.2, -0.15) is 0 Å². The average Bonchev–Trinajstić information content (AvgIpc) is 3.99. The summed E-state index contributed by atoms with van der Waals surface area (Å²) in [6, 6.07) is 63.6. The van der Waals surface area contributed by atoms with Crippen LogP contribution in [0.1, 0.15) is 56.2 Å². The summed E-state index contributed by atoms with van der Waals surface area (Å²) >= 11 is 0. The Labute approximate surface area is 391 Å². The Bertz CT molecular complexity index is 3190. The van der Waals surface area contributed by atoms with Gasteiger partial charge in [0.05, 0.1) is 30.5 Å². The molecule has 6 heteroatoms. The standard InChI is InChI=1S/C47H43N2OSi.C11H8N.Ir/c1-29(2)39-25-35(34-20-19-32-23-24-51(5,6)44(32)28-34)26-40(30(3)4)45(39)49-42-18-11-10-17-41(42)48-47(49)38-16-12-15-37-36-22-21-33(27-43(36)50-46(37)38)31-13-8-7-9-14-31;1-2-6-10(7-3-1)11-8-4-5-9-12-11;/h7-15,17-22,25-30H,23-24H2,1-6H3;1-6,8-9H;/q2*-1;. The second kappa shape index (κ2) is 17.8. The van der Waals surface area contributed by atoms with Gasteiger partial charge in [0, 0.05) is 37.4 Å². The van der Waals surface area contributed by atoms with Gasteiger partial charge in [-0.05, 0) is 105 Å². The van der Waals surface area contributed by atoms with Gasteiger partial charge < -0.3 is 14.0 Å². The van der Waals surface area contributed by atoms with Gasteiger partial charge in [0.2, 0.25) is 0 Å². The average molecular weight is 1030 g/mol. The number of furan rings is 1. The third-order valence-corrected chi connectivity index (χ3v) is 16.2. The van der Waals surface area contributed by atoms with Crippen LogP contribution in [-0.2, 0) is 26.5 Å². The molecule has 1 aliphatic rings. The predicted molar refractivity (Wildman–Crippen MR) is 266 cm³/mol. The molecule has 0 atom stereocenters. The maximum atomic E-state index is 6.79. The van der Waals surface area contributed by atoms with Crippen LogP contribution in [0, 0.1) is 12.1 Å². The van der Waals surface area contributed by atoms with E-state index in [0.717, 1.165) is 61.2 Å². The molecule has 1 aliphatic heterocycles. The van der Waals surface area contributed by atoms with E-state index in [0.29, 0.717) is 0 Å². The van der Waals surface area contributed by atoms with E-state index in [9.17, 15) is 0 Å². The number of fused-ring (bicyclic) bond motifs is 5. The maximum absolute atomic E-state index is 6.79. The molecule has 0 spiro atoms. The van der Waals surface area contributed by atoms with Crippen LogP contribution in [-0.4, -0.2) is 22.6 Å². The molecule has 7 aromatic carbocycles. The monoisotopic (exact) mass is 1030 g/mol. The third kappa shape index (κ3) is 8.00. The van der Waals surface area contributed by atoms with Crippen LogP contribution in [0.5, 0.6) is 0 Å². The molecule has 10 aromatic rings. The van der Waals surface area contributed by atoms with Crippen molar-refractivity contribution in [3.8, 4) is 50.6 Å². The van der Waals surface area contributed by atoms with Gasteiger partial charge in [-0.25, -0.2) is 0 Å². The van der Waals surface area contributed by atoms with Crippen LogP contribution < -0.4 is 5.19 Å². The fraction of sp³-hybridized carbons (Fsp3) is 0.172. The Morgan fingerprint density at radius 1 is 0.641 bits per heavy atom. The molecule has 4 nitrogen and oxygen atoms in total. The number of aromatic nitrogens is 3. The van der Waals surface area contributed by atoms with E-state index in [1.54, 1.807) is 16.9 Å². The Balaban J connectivity index is 0.000000345. The fourth-order valence-corrected chi connectivity index (χ4v) is 12.2. The van der Waals surface area contributed by atoms with Gasteiger partial charge in [0.15, 0.2) is 0 Å². The van der Waals surface area contributed by atoms with Gasteiger partial charge in [-0.1, -0.05) is 142 Å². The maximum Gasteiger partial charge on any atom is 0.121 e. The van der Waals surface area contributed by atoms with E-state index in [1.165, 1.54) is 46.0 Å². The van der Waals surface area contributed by atoms with Crippen LogP contribution in [0.25, 0.3) is 83.6 Å². The molecule has 0 aliphatic carbocycles. The number of nitrogens with zero attached hydrogens (tertiary/aromatic N) is 3. The summed E-state index contributed by atoms with van der Waals surface area (Å²) in [7, 11) is -1.41. The molecular weight excluding hydrogens is 975 g/mol. The molecule has 0 bridgehead atoms. The van der Waals surface area contributed by atoms with Gasteiger partial charge >= 0.3 is 0 Å². The summed E-state index contributed by atoms with van der Waals surface area (Å²) in [6.07, 6.45) is 3.01. The summed E-state index contributed by atoms with van der Waals surface area (Å²) in [5.41, 5.74) is 17.0. The van der Waals surface area contributed by atoms with Crippen molar-refractivity contribution >= 4 is 46.2 Å². The zero-order chi connectivity index (χ0) is 43.2. The quantitative estimate of drug-likeness (QED) is 0.118. The van der Waals surface area contributed by atoms with Crippen molar-refractivity contribution in [1.29, 1.82) is 0 Å². The van der Waals surface area contributed by atoms with Crippen molar-refractivity contribution in [2.24, 2.45) is 0 Å². The summed E-state index contributed by atoms with van der Waals surface area (Å²) in [5.74, 6) is 1.43. The molecule has 0 N–H and O–H groups in total. The molecule has 3 aromatic heterocycles. The number of rotatable bonds is 7. The Hall–Kier alpha value is -6.17. The summed E-state index contributed by atoms with van der Waals surface area (Å²) in [6.45, 7) is 14.3. The van der Waals surface area contributed by atoms with E-state index in [-0.39, 0.29) is 31.9 Å². The number of hydrogen-bond acceptors (Lipinski definition) is 3. The van der Waals surface area contributed by atoms with Gasteiger partial charge in [-0.15, -0.1) is 54.1 Å². The molecule has 0 saturated carbocycles. The van der Waals surface area contributed by atoms with Crippen LogP contribution in [0.15, 0.2) is 168 Å². The van der Waals surface area contributed by atoms with Crippen LogP contribution in [0.3, 0.4) is 0 Å². The van der Waals surface area contributed by atoms with E-state index < -0.39 is 8.07 Å². The Morgan fingerprint density at radius 3 is 2.09 bits per heavy atom. The Morgan fingerprint density at radius 2 is 1.36 bits per heavy atom. The number of hydrogen-bond donors (Lipinski definition) is 0. The van der Waals surface area contributed by atoms with Crippen molar-refractivity contribution in [2.45, 2.75) is 65.1 Å². The molecule has 319 valence electrons. The summed E-state index contributed by atoms with van der Waals surface area (Å²) in [4.78, 5) is 9.58. The third-order valence-electron chi connectivity index (χ3n) is 12.8. The first-order chi connectivity index (χ1) is 30.6. The Kier molecular flexibility index (Phi) is 12.0. The largest absolute Gasteiger partial charge is 0.501 e. The molecule has 11 rings (SSSR count). The van der Waals surface area contributed by atoms with Crippen LogP contribution in [0.2, 0.25) is 19.1 Å². The minimum Gasteiger partial charge on any atom is -0.501 e. The molecule has 0 unspecified atom stereocenters. The van der Waals surface area contributed by atoms with E-state index in [2.05, 4.69) is 172 Å². The SMILES string of the molecule is CC(C)c1cc(-c2ccc3c(c2)[Si](C)(C)CC3)cc(C(C)C)c1-n1c(-c2[c-]ccc3c2oc2cc(-c4ccccc4)ccc23)nc2ccccc21.[Ir].[c-]1ccccc1-c1ccccn1. The minimum absolute atomic E-state index is 0. The second-order valence-electron chi connectivity index (χ2n) is 18.1. The molecule has 64 heavy (non-hydrogen) atoms. The van der Waals surface area contributed by atoms with Crippen molar-refractivity contribution in [2.75, 3.05) is 0 Å². The number of para-hydroxylation sites is 2. The zero-order valence-electron chi connectivity index (χ0n) is 37.2. The first-order valence-electron chi connectivity index (χ1n) is 22.2. The fourth-order valence-electron chi connectivity index (χ4n) is 9.38. The number of pyridine rings is 1. The summed E-state index contributed by atoms with van der Waals surface area (Å²) in [5, 5.41) is 3.80. The smallest absolute Gasteiger partial charge is 0.121 e. The van der Waals surface area contributed by atoms with Gasteiger partial charge in [0.25, 0.3) is 0 Å². The van der Waals surface area contributed by atoms with Crippen molar-refractivity contribution in [3.05, 3.63) is 193 Å². The van der Waals surface area contributed by atoms with Crippen molar-refractivity contribution in [1.82, 2.24) is 14.5 Å². The van der Waals surface area contributed by atoms with Crippen LogP contribution in [0.4, 0.5) is 0 Å². The molecule has 0 fully saturated rings. The minimum atomic E-state index is -1.41. The number of imidazole rings is 1. The summed E-state index contributed by atoms with van der Waals surface area (Å²) < 4.78 is 9.19.